The maximum Gasteiger partial charge on any atom is 0.220 e. The highest BCUT2D eigenvalue weighted by Gasteiger charge is 2.27. The number of hydrogen-bond acceptors (Lipinski definition) is 3. The third kappa shape index (κ3) is 4.43. The summed E-state index contributed by atoms with van der Waals surface area (Å²) in [6, 6.07) is 0.377. The molecule has 1 rings (SSSR count). The van der Waals surface area contributed by atoms with Crippen LogP contribution in [0, 0.1) is 0 Å². The van der Waals surface area contributed by atoms with Crippen LogP contribution in [-0.2, 0) is 4.79 Å². The zero-order chi connectivity index (χ0) is 11.1. The lowest BCUT2D eigenvalue weighted by molar-refractivity contribution is -0.121. The number of thioether (sulfide) groups is 1. The minimum absolute atomic E-state index is 0.148. The Labute approximate surface area is 96.0 Å². The number of aliphatic hydroxyl groups excluding tert-OH is 1. The van der Waals surface area contributed by atoms with Crippen molar-refractivity contribution in [2.75, 3.05) is 12.9 Å². The SMILES string of the molecule is CSC1CCCC1NC(=O)CCCCO. The molecule has 0 aromatic carbocycles. The third-order valence-electron chi connectivity index (χ3n) is 2.91. The van der Waals surface area contributed by atoms with Crippen LogP contribution in [0.5, 0.6) is 0 Å². The molecular formula is C11H21NO2S. The van der Waals surface area contributed by atoms with Gasteiger partial charge in [0, 0.05) is 24.3 Å². The number of hydrogen-bond donors (Lipinski definition) is 2. The van der Waals surface area contributed by atoms with Crippen LogP contribution in [0.15, 0.2) is 0 Å². The highest BCUT2D eigenvalue weighted by molar-refractivity contribution is 7.99. The van der Waals surface area contributed by atoms with E-state index in [-0.39, 0.29) is 12.5 Å². The maximum atomic E-state index is 11.5. The molecule has 15 heavy (non-hydrogen) atoms. The molecule has 0 aromatic rings. The van der Waals surface area contributed by atoms with Gasteiger partial charge >= 0.3 is 0 Å². The molecule has 1 saturated carbocycles. The second-order valence-corrected chi connectivity index (χ2v) is 5.14. The fourth-order valence-corrected chi connectivity index (χ4v) is 2.98. The molecule has 0 aliphatic heterocycles. The van der Waals surface area contributed by atoms with Crippen LogP contribution < -0.4 is 5.32 Å². The Balaban J connectivity index is 2.19. The summed E-state index contributed by atoms with van der Waals surface area (Å²) in [6.07, 6.45) is 7.76. The minimum atomic E-state index is 0.148. The molecule has 1 aliphatic carbocycles. The zero-order valence-electron chi connectivity index (χ0n) is 9.37. The van der Waals surface area contributed by atoms with Gasteiger partial charge in [0.05, 0.1) is 0 Å². The molecule has 1 fully saturated rings. The van der Waals surface area contributed by atoms with Crippen molar-refractivity contribution in [2.45, 2.75) is 49.8 Å². The second-order valence-electron chi connectivity index (χ2n) is 4.06. The van der Waals surface area contributed by atoms with Gasteiger partial charge in [0.1, 0.15) is 0 Å². The van der Waals surface area contributed by atoms with Crippen LogP contribution in [-0.4, -0.2) is 35.2 Å². The summed E-state index contributed by atoms with van der Waals surface area (Å²) in [5, 5.41) is 12.3. The number of rotatable bonds is 6. The van der Waals surface area contributed by atoms with Gasteiger partial charge in [-0.2, -0.15) is 11.8 Å². The highest BCUT2D eigenvalue weighted by Crippen LogP contribution is 2.28. The molecule has 2 unspecified atom stereocenters. The van der Waals surface area contributed by atoms with Crippen molar-refractivity contribution in [1.82, 2.24) is 5.32 Å². The van der Waals surface area contributed by atoms with Crippen LogP contribution in [0.2, 0.25) is 0 Å². The predicted octanol–water partition coefficient (Wildman–Crippen LogP) is 1.55. The normalized spacial score (nSPS) is 25.5. The van der Waals surface area contributed by atoms with E-state index < -0.39 is 0 Å². The summed E-state index contributed by atoms with van der Waals surface area (Å²) < 4.78 is 0. The molecule has 1 aliphatic rings. The monoisotopic (exact) mass is 231 g/mol. The smallest absolute Gasteiger partial charge is 0.220 e. The van der Waals surface area contributed by atoms with E-state index in [1.54, 1.807) is 0 Å². The van der Waals surface area contributed by atoms with E-state index in [2.05, 4.69) is 11.6 Å². The van der Waals surface area contributed by atoms with Crippen LogP contribution in [0.4, 0.5) is 0 Å². The Morgan fingerprint density at radius 1 is 1.47 bits per heavy atom. The van der Waals surface area contributed by atoms with Gasteiger partial charge in [-0.3, -0.25) is 4.79 Å². The minimum Gasteiger partial charge on any atom is -0.396 e. The van der Waals surface area contributed by atoms with E-state index in [9.17, 15) is 4.79 Å². The molecule has 0 heterocycles. The van der Waals surface area contributed by atoms with Crippen molar-refractivity contribution in [3.05, 3.63) is 0 Å². The van der Waals surface area contributed by atoms with Crippen molar-refractivity contribution >= 4 is 17.7 Å². The van der Waals surface area contributed by atoms with E-state index in [0.717, 1.165) is 19.3 Å². The average molecular weight is 231 g/mol. The van der Waals surface area contributed by atoms with Gasteiger partial charge in [0.25, 0.3) is 0 Å². The molecule has 0 spiro atoms. The standard InChI is InChI=1S/C11H21NO2S/c1-15-10-6-4-5-9(10)12-11(14)7-2-3-8-13/h9-10,13H,2-8H2,1H3,(H,12,14). The molecule has 0 saturated heterocycles. The van der Waals surface area contributed by atoms with Crippen molar-refractivity contribution < 1.29 is 9.90 Å². The summed E-state index contributed by atoms with van der Waals surface area (Å²) in [7, 11) is 0. The lowest BCUT2D eigenvalue weighted by atomic mass is 10.2. The lowest BCUT2D eigenvalue weighted by Gasteiger charge is -2.19. The van der Waals surface area contributed by atoms with Crippen molar-refractivity contribution in [2.24, 2.45) is 0 Å². The van der Waals surface area contributed by atoms with Gasteiger partial charge in [-0.05, 0) is 31.9 Å². The average Bonchev–Trinajstić information content (AvgIpc) is 2.65. The Morgan fingerprint density at radius 2 is 2.27 bits per heavy atom. The number of amides is 1. The molecule has 0 bridgehead atoms. The van der Waals surface area contributed by atoms with E-state index in [4.69, 9.17) is 5.11 Å². The summed E-state index contributed by atoms with van der Waals surface area (Å²) in [6.45, 7) is 0.185. The Bertz CT molecular complexity index is 199. The van der Waals surface area contributed by atoms with Crippen LogP contribution in [0.3, 0.4) is 0 Å². The van der Waals surface area contributed by atoms with Crippen molar-refractivity contribution in [1.29, 1.82) is 0 Å². The molecule has 4 heteroatoms. The molecule has 3 nitrogen and oxygen atoms in total. The number of carbonyl (C=O) groups excluding carboxylic acids is 1. The lowest BCUT2D eigenvalue weighted by Crippen LogP contribution is -2.38. The van der Waals surface area contributed by atoms with Crippen LogP contribution in [0.1, 0.15) is 38.5 Å². The Hall–Kier alpha value is -0.220. The Morgan fingerprint density at radius 3 is 2.93 bits per heavy atom. The third-order valence-corrected chi connectivity index (χ3v) is 4.08. The molecule has 2 N–H and O–H groups in total. The number of nitrogens with one attached hydrogen (secondary N) is 1. The van der Waals surface area contributed by atoms with E-state index in [1.165, 1.54) is 12.8 Å². The first-order valence-corrected chi connectivity index (χ1v) is 6.99. The topological polar surface area (TPSA) is 49.3 Å². The number of carbonyl (C=O) groups is 1. The summed E-state index contributed by atoms with van der Waals surface area (Å²) >= 11 is 1.86. The second kappa shape index (κ2) is 7.12. The summed E-state index contributed by atoms with van der Waals surface area (Å²) in [5.74, 6) is 0.148. The molecule has 88 valence electrons. The molecule has 1 amide bonds. The van der Waals surface area contributed by atoms with Crippen molar-refractivity contribution in [3.63, 3.8) is 0 Å². The highest BCUT2D eigenvalue weighted by atomic mass is 32.2. The first-order valence-electron chi connectivity index (χ1n) is 5.71. The number of aliphatic hydroxyl groups is 1. The van der Waals surface area contributed by atoms with Gasteiger partial charge in [-0.1, -0.05) is 6.42 Å². The summed E-state index contributed by atoms with van der Waals surface area (Å²) in [5.41, 5.74) is 0. The van der Waals surface area contributed by atoms with Gasteiger partial charge in [-0.25, -0.2) is 0 Å². The van der Waals surface area contributed by atoms with E-state index >= 15 is 0 Å². The van der Waals surface area contributed by atoms with Crippen molar-refractivity contribution in [3.8, 4) is 0 Å². The quantitative estimate of drug-likeness (QED) is 0.682. The molecule has 2 atom stereocenters. The molecule has 0 aromatic heterocycles. The Kier molecular flexibility index (Phi) is 6.10. The van der Waals surface area contributed by atoms with Gasteiger partial charge < -0.3 is 10.4 Å². The maximum absolute atomic E-state index is 11.5. The fraction of sp³-hybridized carbons (Fsp3) is 0.909. The zero-order valence-corrected chi connectivity index (χ0v) is 10.2. The largest absolute Gasteiger partial charge is 0.396 e. The van der Waals surface area contributed by atoms with E-state index in [0.29, 0.717) is 17.7 Å². The molecular weight excluding hydrogens is 210 g/mol. The first-order chi connectivity index (χ1) is 7.27. The summed E-state index contributed by atoms with van der Waals surface area (Å²) in [4.78, 5) is 11.5. The van der Waals surface area contributed by atoms with Gasteiger partial charge in [-0.15, -0.1) is 0 Å². The fourth-order valence-electron chi connectivity index (χ4n) is 2.05. The molecule has 0 radical (unpaired) electrons. The predicted molar refractivity (Wildman–Crippen MR) is 64.0 cm³/mol. The first kappa shape index (κ1) is 12.8. The van der Waals surface area contributed by atoms with Crippen LogP contribution in [0.25, 0.3) is 0 Å². The van der Waals surface area contributed by atoms with Crippen LogP contribution >= 0.6 is 11.8 Å². The van der Waals surface area contributed by atoms with E-state index in [1.807, 2.05) is 11.8 Å². The number of unbranched alkanes of at least 4 members (excludes halogenated alkanes) is 1. The van der Waals surface area contributed by atoms with Gasteiger partial charge in [0.15, 0.2) is 0 Å². The van der Waals surface area contributed by atoms with Gasteiger partial charge in [0.2, 0.25) is 5.91 Å².